The number of barbiturate groups is 1. The van der Waals surface area contributed by atoms with Crippen LogP contribution >= 0.6 is 0 Å². The molecule has 0 saturated carbocycles. The highest BCUT2D eigenvalue weighted by atomic mass is 16.6. The first kappa shape index (κ1) is 23.4. The summed E-state index contributed by atoms with van der Waals surface area (Å²) in [5.74, 6) is -1.23. The van der Waals surface area contributed by atoms with E-state index in [1.165, 1.54) is 12.1 Å². The second-order valence-corrected chi connectivity index (χ2v) is 9.69. The molecule has 2 heterocycles. The van der Waals surface area contributed by atoms with Gasteiger partial charge >= 0.3 is 6.03 Å². The highest BCUT2D eigenvalue weighted by Gasteiger charge is 2.63. The summed E-state index contributed by atoms with van der Waals surface area (Å²) in [7, 11) is 0. The molecule has 2 aromatic carbocycles. The molecule has 9 heteroatoms. The van der Waals surface area contributed by atoms with E-state index in [9.17, 15) is 24.5 Å². The number of nitrogens with zero attached hydrogens (tertiary/aromatic N) is 3. The van der Waals surface area contributed by atoms with E-state index in [1.54, 1.807) is 36.4 Å². The van der Waals surface area contributed by atoms with E-state index < -0.39 is 34.2 Å². The number of carbonyl (C=O) groups is 3. The van der Waals surface area contributed by atoms with Gasteiger partial charge in [0.2, 0.25) is 5.91 Å². The first-order valence-electron chi connectivity index (χ1n) is 11.4. The summed E-state index contributed by atoms with van der Waals surface area (Å²) in [4.78, 5) is 54.7. The van der Waals surface area contributed by atoms with E-state index in [0.717, 1.165) is 10.6 Å². The molecule has 2 aromatic rings. The van der Waals surface area contributed by atoms with Crippen LogP contribution in [0.4, 0.5) is 21.9 Å². The maximum atomic E-state index is 14.2. The molecular weight excluding hydrogens is 436 g/mol. The summed E-state index contributed by atoms with van der Waals surface area (Å²) in [6.07, 6.45) is -0.0390. The number of para-hydroxylation sites is 1. The van der Waals surface area contributed by atoms with Gasteiger partial charge in [0.1, 0.15) is 0 Å². The molecule has 34 heavy (non-hydrogen) atoms. The van der Waals surface area contributed by atoms with Gasteiger partial charge in [-0.3, -0.25) is 25.0 Å². The second-order valence-electron chi connectivity index (χ2n) is 9.69. The molecule has 0 bridgehead atoms. The van der Waals surface area contributed by atoms with Gasteiger partial charge in [0.25, 0.3) is 11.6 Å². The van der Waals surface area contributed by atoms with E-state index in [-0.39, 0.29) is 23.9 Å². The van der Waals surface area contributed by atoms with Gasteiger partial charge in [0, 0.05) is 30.8 Å². The first-order valence-corrected chi connectivity index (χ1v) is 11.4. The van der Waals surface area contributed by atoms with Crippen molar-refractivity contribution in [3.8, 4) is 0 Å². The quantitative estimate of drug-likeness (QED) is 0.408. The van der Waals surface area contributed by atoms with Crippen molar-refractivity contribution in [1.29, 1.82) is 0 Å². The third-order valence-corrected chi connectivity index (χ3v) is 6.51. The second kappa shape index (κ2) is 8.55. The van der Waals surface area contributed by atoms with Crippen LogP contribution in [0, 0.1) is 27.4 Å². The lowest BCUT2D eigenvalue weighted by Crippen LogP contribution is -2.73. The molecule has 0 radical (unpaired) electrons. The number of nitrogens with one attached hydrogen (secondary N) is 1. The molecule has 9 nitrogen and oxygen atoms in total. The van der Waals surface area contributed by atoms with Gasteiger partial charge in [-0.25, -0.2) is 9.69 Å². The zero-order chi connectivity index (χ0) is 24.8. The standard InChI is InChI=1S/C25H28N4O5/c1-15(2)14-27-20-11-10-19(29(33)34)12-17(20)13-25(21(27)16(3)4)22(30)26-24(32)28(23(25)31)18-8-6-5-7-9-18/h5-12,15-16,21H,13-14H2,1-4H3,(H,26,30,32). The Labute approximate surface area is 197 Å². The maximum Gasteiger partial charge on any atom is 0.335 e. The molecule has 2 aliphatic heterocycles. The number of nitro benzene ring substituents is 1. The van der Waals surface area contributed by atoms with Gasteiger partial charge in [-0.15, -0.1) is 0 Å². The molecular formula is C25H28N4O5. The van der Waals surface area contributed by atoms with E-state index >= 15 is 0 Å². The maximum absolute atomic E-state index is 14.2. The molecule has 1 N–H and O–H groups in total. The van der Waals surface area contributed by atoms with Crippen LogP contribution in [0.2, 0.25) is 0 Å². The molecule has 1 saturated heterocycles. The van der Waals surface area contributed by atoms with Crippen LogP contribution in [0.1, 0.15) is 33.3 Å². The van der Waals surface area contributed by atoms with Crippen molar-refractivity contribution in [2.24, 2.45) is 17.3 Å². The number of hydrogen-bond donors (Lipinski definition) is 1. The van der Waals surface area contributed by atoms with Crippen molar-refractivity contribution in [2.45, 2.75) is 40.2 Å². The van der Waals surface area contributed by atoms with E-state index in [0.29, 0.717) is 17.8 Å². The molecule has 0 aromatic heterocycles. The van der Waals surface area contributed by atoms with Crippen LogP contribution in [0.5, 0.6) is 0 Å². The number of anilines is 2. The highest BCUT2D eigenvalue weighted by Crippen LogP contribution is 2.48. The van der Waals surface area contributed by atoms with Crippen LogP contribution in [0.25, 0.3) is 0 Å². The summed E-state index contributed by atoms with van der Waals surface area (Å²) in [5.41, 5.74) is -0.0691. The van der Waals surface area contributed by atoms with E-state index in [2.05, 4.69) is 5.32 Å². The van der Waals surface area contributed by atoms with Crippen molar-refractivity contribution in [3.05, 3.63) is 64.2 Å². The van der Waals surface area contributed by atoms with Crippen molar-refractivity contribution >= 4 is 34.9 Å². The van der Waals surface area contributed by atoms with Crippen LogP contribution in [0.15, 0.2) is 48.5 Å². The summed E-state index contributed by atoms with van der Waals surface area (Å²) < 4.78 is 0. The van der Waals surface area contributed by atoms with Gasteiger partial charge in [0.15, 0.2) is 5.41 Å². The summed E-state index contributed by atoms with van der Waals surface area (Å²) in [6, 6.07) is 11.7. The van der Waals surface area contributed by atoms with Crippen molar-refractivity contribution in [3.63, 3.8) is 0 Å². The molecule has 2 atom stereocenters. The first-order chi connectivity index (χ1) is 16.1. The van der Waals surface area contributed by atoms with Crippen LogP contribution in [-0.2, 0) is 16.0 Å². The Balaban J connectivity index is 1.96. The Bertz CT molecular complexity index is 1160. The molecule has 2 unspecified atom stereocenters. The van der Waals surface area contributed by atoms with Crippen molar-refractivity contribution < 1.29 is 19.3 Å². The summed E-state index contributed by atoms with van der Waals surface area (Å²) >= 11 is 0. The van der Waals surface area contributed by atoms with Gasteiger partial charge in [-0.1, -0.05) is 45.9 Å². The van der Waals surface area contributed by atoms with Gasteiger partial charge in [-0.2, -0.15) is 0 Å². The summed E-state index contributed by atoms with van der Waals surface area (Å²) in [6.45, 7) is 8.49. The number of amides is 4. The normalized spacial score (nSPS) is 22.4. The minimum atomic E-state index is -1.63. The molecule has 2 aliphatic rings. The largest absolute Gasteiger partial charge is 0.366 e. The van der Waals surface area contributed by atoms with Crippen LogP contribution < -0.4 is 15.1 Å². The number of rotatable bonds is 5. The van der Waals surface area contributed by atoms with E-state index in [1.807, 2.05) is 32.6 Å². The number of imide groups is 2. The van der Waals surface area contributed by atoms with Gasteiger partial charge in [-0.05, 0) is 35.6 Å². The summed E-state index contributed by atoms with van der Waals surface area (Å²) in [5, 5.41) is 13.9. The number of nitro groups is 1. The van der Waals surface area contributed by atoms with Crippen molar-refractivity contribution in [1.82, 2.24) is 5.32 Å². The molecule has 178 valence electrons. The number of hydrogen-bond acceptors (Lipinski definition) is 6. The Morgan fingerprint density at radius 1 is 1.09 bits per heavy atom. The molecule has 4 rings (SSSR count). The monoisotopic (exact) mass is 464 g/mol. The SMILES string of the molecule is CC(C)CN1c2ccc([N+](=O)[O-])cc2CC2(C(=O)NC(=O)N(c3ccccc3)C2=O)C1C(C)C. The Hall–Kier alpha value is -3.75. The number of carbonyl (C=O) groups excluding carboxylic acids is 3. The zero-order valence-corrected chi connectivity index (χ0v) is 19.6. The third-order valence-electron chi connectivity index (χ3n) is 6.51. The van der Waals surface area contributed by atoms with E-state index in [4.69, 9.17) is 0 Å². The molecule has 1 spiro atoms. The Morgan fingerprint density at radius 3 is 2.35 bits per heavy atom. The molecule has 1 fully saturated rings. The average Bonchev–Trinajstić information content (AvgIpc) is 2.77. The lowest BCUT2D eigenvalue weighted by atomic mass is 9.65. The van der Waals surface area contributed by atoms with Crippen LogP contribution in [-0.4, -0.2) is 35.4 Å². The number of benzene rings is 2. The predicted octanol–water partition coefficient (Wildman–Crippen LogP) is 3.91. The highest BCUT2D eigenvalue weighted by molar-refractivity contribution is 6.30. The number of non-ortho nitro benzene ring substituents is 1. The molecule has 0 aliphatic carbocycles. The minimum Gasteiger partial charge on any atom is -0.366 e. The smallest absolute Gasteiger partial charge is 0.335 e. The van der Waals surface area contributed by atoms with Crippen molar-refractivity contribution in [2.75, 3.05) is 16.3 Å². The zero-order valence-electron chi connectivity index (χ0n) is 19.6. The Morgan fingerprint density at radius 2 is 1.76 bits per heavy atom. The van der Waals surface area contributed by atoms with Gasteiger partial charge < -0.3 is 4.90 Å². The fourth-order valence-electron chi connectivity index (χ4n) is 5.34. The molecule has 4 amide bonds. The lowest BCUT2D eigenvalue weighted by molar-refractivity contribution is -0.384. The number of urea groups is 1. The topological polar surface area (TPSA) is 113 Å². The average molecular weight is 465 g/mol. The third kappa shape index (κ3) is 3.61. The Kier molecular flexibility index (Phi) is 5.89. The van der Waals surface area contributed by atoms with Gasteiger partial charge in [0.05, 0.1) is 16.7 Å². The fourth-order valence-corrected chi connectivity index (χ4v) is 5.34. The minimum absolute atomic E-state index is 0.0390. The number of fused-ring (bicyclic) bond motifs is 1. The fraction of sp³-hybridized carbons (Fsp3) is 0.400. The van der Waals surface area contributed by atoms with Crippen LogP contribution in [0.3, 0.4) is 0 Å². The predicted molar refractivity (Wildman–Crippen MR) is 128 cm³/mol. The lowest BCUT2D eigenvalue weighted by Gasteiger charge is -2.53.